The maximum Gasteiger partial charge on any atom is 0.225 e. The summed E-state index contributed by atoms with van der Waals surface area (Å²) in [7, 11) is 1.92. The lowest BCUT2D eigenvalue weighted by Crippen LogP contribution is -2.26. The van der Waals surface area contributed by atoms with Crippen molar-refractivity contribution in [2.24, 2.45) is 18.9 Å². The molecular weight excluding hydrogens is 400 g/mol. The number of carbonyl (C=O) groups excluding carboxylic acids is 1. The summed E-state index contributed by atoms with van der Waals surface area (Å²) >= 11 is 0. The molecule has 3 heterocycles. The van der Waals surface area contributed by atoms with Crippen molar-refractivity contribution < 1.29 is 9.53 Å². The minimum atomic E-state index is -0.113. The van der Waals surface area contributed by atoms with Crippen LogP contribution in [0.15, 0.2) is 30.5 Å². The topological polar surface area (TPSA) is 69.0 Å². The summed E-state index contributed by atoms with van der Waals surface area (Å²) in [4.78, 5) is 16.6. The number of benzene rings is 1. The molecule has 168 valence electrons. The van der Waals surface area contributed by atoms with E-state index in [9.17, 15) is 4.79 Å². The number of nitrogens with one attached hydrogen (secondary N) is 1. The van der Waals surface area contributed by atoms with Crippen LogP contribution in [0.2, 0.25) is 0 Å². The fourth-order valence-electron chi connectivity index (χ4n) is 5.11. The number of amides is 1. The second kappa shape index (κ2) is 8.57. The Bertz CT molecular complexity index is 1150. The zero-order chi connectivity index (χ0) is 22.2. The van der Waals surface area contributed by atoms with Crippen LogP contribution in [0, 0.1) is 11.8 Å². The monoisotopic (exact) mass is 432 g/mol. The Morgan fingerprint density at radius 2 is 2.03 bits per heavy atom. The lowest BCUT2D eigenvalue weighted by Gasteiger charge is -2.19. The van der Waals surface area contributed by atoms with Crippen LogP contribution in [0.1, 0.15) is 50.7 Å². The predicted octanol–water partition coefficient (Wildman–Crippen LogP) is 4.44. The molecule has 2 aliphatic rings. The molecule has 5 rings (SSSR count). The van der Waals surface area contributed by atoms with E-state index in [4.69, 9.17) is 9.72 Å². The largest absolute Gasteiger partial charge is 0.474 e. The summed E-state index contributed by atoms with van der Waals surface area (Å²) in [6.07, 6.45) is 8.46. The van der Waals surface area contributed by atoms with Gasteiger partial charge in [-0.2, -0.15) is 5.10 Å². The van der Waals surface area contributed by atoms with Crippen molar-refractivity contribution in [1.82, 2.24) is 20.1 Å². The molecule has 0 spiro atoms. The number of rotatable bonds is 5. The van der Waals surface area contributed by atoms with E-state index in [-0.39, 0.29) is 17.9 Å². The van der Waals surface area contributed by atoms with Crippen LogP contribution >= 0.6 is 0 Å². The fraction of sp³-hybridized carbons (Fsp3) is 0.500. The number of nitrogens with zero attached hydrogens (tertiary/aromatic N) is 3. The van der Waals surface area contributed by atoms with Crippen LogP contribution in [0.5, 0.6) is 5.88 Å². The minimum absolute atomic E-state index is 0.0916. The van der Waals surface area contributed by atoms with Gasteiger partial charge < -0.3 is 10.1 Å². The molecule has 1 aliphatic heterocycles. The number of hydrogen-bond acceptors (Lipinski definition) is 4. The molecule has 6 nitrogen and oxygen atoms in total. The molecule has 1 unspecified atom stereocenters. The van der Waals surface area contributed by atoms with Crippen molar-refractivity contribution in [3.63, 3.8) is 0 Å². The molecule has 0 saturated carbocycles. The van der Waals surface area contributed by atoms with E-state index in [0.29, 0.717) is 18.8 Å². The molecule has 1 aromatic carbocycles. The summed E-state index contributed by atoms with van der Waals surface area (Å²) in [5, 5.41) is 8.43. The molecule has 1 aliphatic carbocycles. The molecule has 1 fully saturated rings. The molecule has 0 radical (unpaired) electrons. The van der Waals surface area contributed by atoms with Crippen LogP contribution in [0.4, 0.5) is 0 Å². The first-order chi connectivity index (χ1) is 15.5. The molecule has 3 aromatic rings. The Morgan fingerprint density at radius 3 is 2.78 bits per heavy atom. The third kappa shape index (κ3) is 4.10. The highest BCUT2D eigenvalue weighted by molar-refractivity contribution is 5.87. The van der Waals surface area contributed by atoms with E-state index in [1.54, 1.807) is 4.68 Å². The fourth-order valence-corrected chi connectivity index (χ4v) is 5.11. The minimum Gasteiger partial charge on any atom is -0.474 e. The second-order valence-corrected chi connectivity index (χ2v) is 9.47. The van der Waals surface area contributed by atoms with E-state index in [0.717, 1.165) is 34.5 Å². The van der Waals surface area contributed by atoms with E-state index in [2.05, 4.69) is 41.6 Å². The van der Waals surface area contributed by atoms with Gasteiger partial charge in [-0.15, -0.1) is 0 Å². The molecule has 1 amide bonds. The third-order valence-corrected chi connectivity index (χ3v) is 7.28. The summed E-state index contributed by atoms with van der Waals surface area (Å²) in [5.41, 5.74) is 5.81. The van der Waals surface area contributed by atoms with Gasteiger partial charge in [0.25, 0.3) is 0 Å². The summed E-state index contributed by atoms with van der Waals surface area (Å²) in [6, 6.07) is 8.85. The summed E-state index contributed by atoms with van der Waals surface area (Å²) < 4.78 is 8.14. The second-order valence-electron chi connectivity index (χ2n) is 9.47. The number of hydrogen-bond donors (Lipinski definition) is 1. The van der Waals surface area contributed by atoms with Gasteiger partial charge in [-0.1, -0.05) is 25.5 Å². The first kappa shape index (κ1) is 21.0. The first-order valence-electron chi connectivity index (χ1n) is 11.9. The van der Waals surface area contributed by atoms with E-state index in [1.807, 2.05) is 20.2 Å². The maximum atomic E-state index is 11.7. The van der Waals surface area contributed by atoms with Crippen molar-refractivity contribution in [3.05, 3.63) is 41.6 Å². The molecule has 32 heavy (non-hydrogen) atoms. The van der Waals surface area contributed by atoms with Crippen molar-refractivity contribution in [2.45, 2.75) is 58.5 Å². The number of aryl methyl sites for hydroxylation is 3. The highest BCUT2D eigenvalue weighted by Crippen LogP contribution is 2.33. The highest BCUT2D eigenvalue weighted by atomic mass is 16.5. The Kier molecular flexibility index (Phi) is 5.62. The Balaban J connectivity index is 1.48. The lowest BCUT2D eigenvalue weighted by molar-refractivity contribution is -0.119. The molecule has 1 saturated heterocycles. The van der Waals surface area contributed by atoms with Crippen molar-refractivity contribution >= 4 is 16.8 Å². The number of pyridine rings is 1. The number of aromatic nitrogens is 3. The quantitative estimate of drug-likeness (QED) is 0.605. The van der Waals surface area contributed by atoms with Crippen LogP contribution in [0.25, 0.3) is 22.2 Å². The van der Waals surface area contributed by atoms with Gasteiger partial charge in [-0.25, -0.2) is 4.98 Å². The smallest absolute Gasteiger partial charge is 0.225 e. The SMILES string of the molecule is CCC1CCc2ccc(-c3cc4nn(C)cc4c(O[C@H](C)[C@H]4CNC(=O)C4)n3)cc2CC1. The summed E-state index contributed by atoms with van der Waals surface area (Å²) in [6.45, 7) is 4.98. The first-order valence-corrected chi connectivity index (χ1v) is 11.9. The molecule has 1 N–H and O–H groups in total. The third-order valence-electron chi connectivity index (χ3n) is 7.28. The molecular formula is C26H32N4O2. The zero-order valence-corrected chi connectivity index (χ0v) is 19.2. The standard InChI is InChI=1S/C26H32N4O2/c1-4-17-5-7-18-9-10-20(11-19(18)8-6-17)23-13-24-22(15-30(3)29-24)26(28-23)32-16(2)21-12-25(31)27-14-21/h9-11,13,15-17,21H,4-8,12,14H2,1-3H3,(H,27,31)/t16-,17?,21-/m1/s1. The van der Waals surface area contributed by atoms with Crippen molar-refractivity contribution in [3.8, 4) is 17.1 Å². The number of fused-ring (bicyclic) bond motifs is 2. The van der Waals surface area contributed by atoms with Gasteiger partial charge in [0.15, 0.2) is 0 Å². The Labute approximate surface area is 189 Å². The Morgan fingerprint density at radius 1 is 1.22 bits per heavy atom. The van der Waals surface area contributed by atoms with Crippen LogP contribution in [-0.4, -0.2) is 33.3 Å². The highest BCUT2D eigenvalue weighted by Gasteiger charge is 2.29. The molecule has 2 aromatic heterocycles. The number of carbonyl (C=O) groups is 1. The van der Waals surface area contributed by atoms with Gasteiger partial charge in [0.1, 0.15) is 6.10 Å². The van der Waals surface area contributed by atoms with Crippen LogP contribution < -0.4 is 10.1 Å². The lowest BCUT2D eigenvalue weighted by atomic mass is 9.97. The average Bonchev–Trinajstić information content (AvgIpc) is 3.32. The van der Waals surface area contributed by atoms with Gasteiger partial charge in [0.05, 0.1) is 16.6 Å². The van der Waals surface area contributed by atoms with Crippen molar-refractivity contribution in [1.29, 1.82) is 0 Å². The van der Waals surface area contributed by atoms with E-state index >= 15 is 0 Å². The maximum absolute atomic E-state index is 11.7. The summed E-state index contributed by atoms with van der Waals surface area (Å²) in [5.74, 6) is 1.67. The van der Waals surface area contributed by atoms with E-state index < -0.39 is 0 Å². The van der Waals surface area contributed by atoms with Crippen molar-refractivity contribution in [2.75, 3.05) is 6.54 Å². The van der Waals surface area contributed by atoms with Gasteiger partial charge >= 0.3 is 0 Å². The molecule has 6 heteroatoms. The average molecular weight is 433 g/mol. The van der Waals surface area contributed by atoms with Gasteiger partial charge in [0.2, 0.25) is 11.8 Å². The predicted molar refractivity (Wildman–Crippen MR) is 126 cm³/mol. The Hall–Kier alpha value is -2.89. The van der Waals surface area contributed by atoms with E-state index in [1.165, 1.54) is 36.8 Å². The van der Waals surface area contributed by atoms with Crippen LogP contribution in [-0.2, 0) is 24.7 Å². The molecule has 0 bridgehead atoms. The van der Waals surface area contributed by atoms with Crippen LogP contribution in [0.3, 0.4) is 0 Å². The normalized spacial score (nSPS) is 21.8. The van der Waals surface area contributed by atoms with Gasteiger partial charge in [-0.05, 0) is 61.8 Å². The van der Waals surface area contributed by atoms with Gasteiger partial charge in [-0.3, -0.25) is 9.48 Å². The number of ether oxygens (including phenoxy) is 1. The molecule has 3 atom stereocenters. The van der Waals surface area contributed by atoms with Gasteiger partial charge in [0, 0.05) is 37.7 Å². The zero-order valence-electron chi connectivity index (χ0n) is 19.2.